The highest BCUT2D eigenvalue weighted by atomic mass is 16.1. The molecule has 1 aliphatic rings. The van der Waals surface area contributed by atoms with E-state index in [2.05, 4.69) is 24.6 Å². The molecule has 1 aromatic rings. The van der Waals surface area contributed by atoms with E-state index in [0.717, 1.165) is 11.3 Å². The number of hydrazine groups is 1. The second-order valence-corrected chi connectivity index (χ2v) is 5.62. The molecule has 4 N–H and O–H groups in total. The minimum absolute atomic E-state index is 0.0152. The maximum absolute atomic E-state index is 12.2. The molecule has 0 atom stereocenters. The fourth-order valence-electron chi connectivity index (χ4n) is 2.24. The normalized spacial score (nSPS) is 15.3. The molecule has 0 spiro atoms. The molecule has 0 bridgehead atoms. The monoisotopic (exact) mass is 247 g/mol. The van der Waals surface area contributed by atoms with Gasteiger partial charge in [0.2, 0.25) is 0 Å². The number of rotatable bonds is 4. The summed E-state index contributed by atoms with van der Waals surface area (Å²) in [6, 6.07) is 5.47. The number of carbonyl (C=O) groups excluding carboxylic acids is 1. The SMILES string of the molecule is Cc1cc(C(=O)NC(C)(C)C2CC2)ccc1NN. The third kappa shape index (κ3) is 2.64. The number of aryl methyl sites for hydroxylation is 1. The number of carbonyl (C=O) groups is 1. The van der Waals surface area contributed by atoms with Crippen LogP contribution in [0.1, 0.15) is 42.6 Å². The van der Waals surface area contributed by atoms with Gasteiger partial charge >= 0.3 is 0 Å². The lowest BCUT2D eigenvalue weighted by Gasteiger charge is -2.26. The van der Waals surface area contributed by atoms with Gasteiger partial charge in [-0.15, -0.1) is 0 Å². The van der Waals surface area contributed by atoms with Crippen LogP contribution in [0.2, 0.25) is 0 Å². The molecule has 0 radical (unpaired) electrons. The Labute approximate surface area is 108 Å². The number of nitrogens with two attached hydrogens (primary N) is 1. The van der Waals surface area contributed by atoms with Crippen molar-refractivity contribution in [1.29, 1.82) is 0 Å². The summed E-state index contributed by atoms with van der Waals surface area (Å²) in [6.45, 7) is 6.11. The maximum Gasteiger partial charge on any atom is 0.251 e. The predicted molar refractivity (Wildman–Crippen MR) is 73.3 cm³/mol. The van der Waals surface area contributed by atoms with E-state index in [0.29, 0.717) is 11.5 Å². The fourth-order valence-corrected chi connectivity index (χ4v) is 2.24. The fraction of sp³-hybridized carbons (Fsp3) is 0.500. The Morgan fingerprint density at radius 1 is 1.39 bits per heavy atom. The zero-order valence-electron chi connectivity index (χ0n) is 11.2. The van der Waals surface area contributed by atoms with E-state index < -0.39 is 0 Å². The first kappa shape index (κ1) is 12.9. The van der Waals surface area contributed by atoms with Gasteiger partial charge in [-0.25, -0.2) is 0 Å². The molecule has 0 saturated heterocycles. The summed E-state index contributed by atoms with van der Waals surface area (Å²) in [7, 11) is 0. The molecule has 1 amide bonds. The summed E-state index contributed by atoms with van der Waals surface area (Å²) in [4.78, 5) is 12.2. The van der Waals surface area contributed by atoms with E-state index in [1.54, 1.807) is 6.07 Å². The number of hydrogen-bond acceptors (Lipinski definition) is 3. The molecular formula is C14H21N3O. The minimum atomic E-state index is -0.115. The minimum Gasteiger partial charge on any atom is -0.347 e. The molecule has 0 aliphatic heterocycles. The van der Waals surface area contributed by atoms with Crippen molar-refractivity contribution in [2.24, 2.45) is 11.8 Å². The first-order valence-electron chi connectivity index (χ1n) is 6.34. The standard InChI is InChI=1S/C14H21N3O/c1-9-8-10(4-7-12(9)17-15)13(18)16-14(2,3)11-5-6-11/h4,7-8,11,17H,5-6,15H2,1-3H3,(H,16,18). The van der Waals surface area contributed by atoms with Crippen LogP contribution in [0.15, 0.2) is 18.2 Å². The number of nitrogens with one attached hydrogen (secondary N) is 2. The van der Waals surface area contributed by atoms with E-state index >= 15 is 0 Å². The number of anilines is 1. The Morgan fingerprint density at radius 2 is 2.06 bits per heavy atom. The molecule has 4 heteroatoms. The molecule has 0 unspecified atom stereocenters. The third-order valence-electron chi connectivity index (χ3n) is 3.68. The molecule has 1 saturated carbocycles. The van der Waals surface area contributed by atoms with Crippen LogP contribution in [-0.4, -0.2) is 11.4 Å². The Bertz CT molecular complexity index is 464. The lowest BCUT2D eigenvalue weighted by molar-refractivity contribution is 0.0903. The van der Waals surface area contributed by atoms with Gasteiger partial charge in [0.05, 0.1) is 5.69 Å². The van der Waals surface area contributed by atoms with Gasteiger partial charge in [-0.2, -0.15) is 0 Å². The van der Waals surface area contributed by atoms with Crippen molar-refractivity contribution in [1.82, 2.24) is 5.32 Å². The van der Waals surface area contributed by atoms with E-state index in [9.17, 15) is 4.79 Å². The highest BCUT2D eigenvalue weighted by molar-refractivity contribution is 5.95. The summed E-state index contributed by atoms with van der Waals surface area (Å²) >= 11 is 0. The number of hydrogen-bond donors (Lipinski definition) is 3. The second kappa shape index (κ2) is 4.61. The molecule has 4 nitrogen and oxygen atoms in total. The molecule has 0 heterocycles. The van der Waals surface area contributed by atoms with E-state index in [1.807, 2.05) is 19.1 Å². The zero-order chi connectivity index (χ0) is 13.3. The highest BCUT2D eigenvalue weighted by Crippen LogP contribution is 2.39. The smallest absolute Gasteiger partial charge is 0.251 e. The molecule has 18 heavy (non-hydrogen) atoms. The number of amides is 1. The molecule has 1 fully saturated rings. The van der Waals surface area contributed by atoms with Crippen molar-refractivity contribution in [3.05, 3.63) is 29.3 Å². The zero-order valence-corrected chi connectivity index (χ0v) is 11.2. The molecule has 0 aromatic heterocycles. The quantitative estimate of drug-likeness (QED) is 0.564. The van der Waals surface area contributed by atoms with Gasteiger partial charge in [-0.05, 0) is 63.3 Å². The second-order valence-electron chi connectivity index (χ2n) is 5.62. The van der Waals surface area contributed by atoms with Gasteiger partial charge in [0.15, 0.2) is 0 Å². The van der Waals surface area contributed by atoms with E-state index in [1.165, 1.54) is 12.8 Å². The summed E-state index contributed by atoms with van der Waals surface area (Å²) in [5, 5.41) is 3.11. The first-order chi connectivity index (χ1) is 8.44. The van der Waals surface area contributed by atoms with Crippen LogP contribution in [0, 0.1) is 12.8 Å². The van der Waals surface area contributed by atoms with Gasteiger partial charge < -0.3 is 10.7 Å². The van der Waals surface area contributed by atoms with Crippen LogP contribution in [0.3, 0.4) is 0 Å². The first-order valence-corrected chi connectivity index (χ1v) is 6.34. The van der Waals surface area contributed by atoms with Gasteiger partial charge in [0, 0.05) is 11.1 Å². The van der Waals surface area contributed by atoms with Crippen molar-refractivity contribution in [3.63, 3.8) is 0 Å². The van der Waals surface area contributed by atoms with E-state index in [4.69, 9.17) is 5.84 Å². The van der Waals surface area contributed by atoms with Gasteiger partial charge in [0.1, 0.15) is 0 Å². The summed E-state index contributed by atoms with van der Waals surface area (Å²) in [5.74, 6) is 5.98. The third-order valence-corrected chi connectivity index (χ3v) is 3.68. The number of nitrogen functional groups attached to an aromatic ring is 1. The molecule has 2 rings (SSSR count). The van der Waals surface area contributed by atoms with Crippen LogP contribution >= 0.6 is 0 Å². The van der Waals surface area contributed by atoms with Crippen molar-refractivity contribution in [2.75, 3.05) is 5.43 Å². The van der Waals surface area contributed by atoms with Crippen molar-refractivity contribution in [2.45, 2.75) is 39.2 Å². The van der Waals surface area contributed by atoms with Gasteiger partial charge in [-0.1, -0.05) is 0 Å². The molecule has 98 valence electrons. The van der Waals surface area contributed by atoms with Crippen LogP contribution in [-0.2, 0) is 0 Å². The molecular weight excluding hydrogens is 226 g/mol. The maximum atomic E-state index is 12.2. The molecule has 1 aromatic carbocycles. The Morgan fingerprint density at radius 3 is 2.56 bits per heavy atom. The molecule has 1 aliphatic carbocycles. The summed E-state index contributed by atoms with van der Waals surface area (Å²) < 4.78 is 0. The van der Waals surface area contributed by atoms with Gasteiger partial charge in [0.25, 0.3) is 5.91 Å². The average Bonchev–Trinajstić information content (AvgIpc) is 3.12. The van der Waals surface area contributed by atoms with Crippen molar-refractivity contribution >= 4 is 11.6 Å². The average molecular weight is 247 g/mol. The van der Waals surface area contributed by atoms with Crippen molar-refractivity contribution < 1.29 is 4.79 Å². The topological polar surface area (TPSA) is 67.2 Å². The highest BCUT2D eigenvalue weighted by Gasteiger charge is 2.38. The van der Waals surface area contributed by atoms with Crippen LogP contribution < -0.4 is 16.6 Å². The summed E-state index contributed by atoms with van der Waals surface area (Å²) in [5.41, 5.74) is 4.98. The van der Waals surface area contributed by atoms with Crippen molar-refractivity contribution in [3.8, 4) is 0 Å². The number of benzene rings is 1. The Balaban J connectivity index is 2.11. The Hall–Kier alpha value is -1.55. The van der Waals surface area contributed by atoms with Crippen LogP contribution in [0.4, 0.5) is 5.69 Å². The van der Waals surface area contributed by atoms with Crippen LogP contribution in [0.5, 0.6) is 0 Å². The summed E-state index contributed by atoms with van der Waals surface area (Å²) in [6.07, 6.45) is 2.42. The lowest BCUT2D eigenvalue weighted by Crippen LogP contribution is -2.45. The van der Waals surface area contributed by atoms with Crippen LogP contribution in [0.25, 0.3) is 0 Å². The van der Waals surface area contributed by atoms with E-state index in [-0.39, 0.29) is 11.4 Å². The largest absolute Gasteiger partial charge is 0.347 e. The predicted octanol–water partition coefficient (Wildman–Crippen LogP) is 2.20. The van der Waals surface area contributed by atoms with Gasteiger partial charge in [-0.3, -0.25) is 10.6 Å². The lowest BCUT2D eigenvalue weighted by atomic mass is 9.98. The Kier molecular flexibility index (Phi) is 3.30.